The summed E-state index contributed by atoms with van der Waals surface area (Å²) in [5, 5.41) is 3.64. The third-order valence-electron chi connectivity index (χ3n) is 3.64. The molecule has 0 aliphatic heterocycles. The molecule has 4 heteroatoms. The Morgan fingerprint density at radius 1 is 1.40 bits per heavy atom. The number of aryl methyl sites for hydroxylation is 1. The predicted molar refractivity (Wildman–Crippen MR) is 80.5 cm³/mol. The van der Waals surface area contributed by atoms with E-state index in [0.717, 1.165) is 11.6 Å². The largest absolute Gasteiger partial charge is 0.467 e. The third-order valence-corrected chi connectivity index (χ3v) is 3.64. The maximum atomic E-state index is 5.59. The van der Waals surface area contributed by atoms with Crippen molar-refractivity contribution >= 4 is 0 Å². The van der Waals surface area contributed by atoms with Crippen LogP contribution >= 0.6 is 0 Å². The summed E-state index contributed by atoms with van der Waals surface area (Å²) in [6.45, 7) is 4.46. The summed E-state index contributed by atoms with van der Waals surface area (Å²) in [5.74, 6) is 1.91. The minimum absolute atomic E-state index is 0.0154. The summed E-state index contributed by atoms with van der Waals surface area (Å²) in [5.41, 5.74) is 0. The van der Waals surface area contributed by atoms with Crippen LogP contribution < -0.4 is 5.32 Å². The zero-order valence-corrected chi connectivity index (χ0v) is 12.7. The quantitative estimate of drug-likeness (QED) is 0.748. The summed E-state index contributed by atoms with van der Waals surface area (Å²) in [6, 6.07) is 4.38. The Kier molecular flexibility index (Phi) is 5.41. The zero-order valence-electron chi connectivity index (χ0n) is 12.7. The topological polar surface area (TPSA) is 43.0 Å². The average Bonchev–Trinajstić information content (AvgIpc) is 3.08. The highest BCUT2D eigenvalue weighted by Gasteiger charge is 2.22. The lowest BCUT2D eigenvalue weighted by Gasteiger charge is -2.21. The molecule has 0 spiro atoms. The van der Waals surface area contributed by atoms with E-state index in [1.807, 2.05) is 36.1 Å². The van der Waals surface area contributed by atoms with E-state index in [1.54, 1.807) is 6.26 Å². The fourth-order valence-electron chi connectivity index (χ4n) is 2.46. The zero-order chi connectivity index (χ0) is 14.4. The van der Waals surface area contributed by atoms with Gasteiger partial charge in [0.15, 0.2) is 0 Å². The lowest BCUT2D eigenvalue weighted by Crippen LogP contribution is -2.32. The highest BCUT2D eigenvalue weighted by Crippen LogP contribution is 2.22. The number of furan rings is 1. The maximum absolute atomic E-state index is 5.59. The monoisotopic (exact) mass is 275 g/mol. The number of nitrogens with one attached hydrogen (secondary N) is 1. The van der Waals surface area contributed by atoms with Crippen molar-refractivity contribution in [3.05, 3.63) is 42.4 Å². The Bertz CT molecular complexity index is 490. The van der Waals surface area contributed by atoms with E-state index >= 15 is 0 Å². The fraction of sp³-hybridized carbons (Fsp3) is 0.562. The number of unbranched alkanes of at least 4 members (excludes halogenated alkanes) is 2. The molecule has 2 unspecified atom stereocenters. The molecule has 0 saturated heterocycles. The Morgan fingerprint density at radius 2 is 2.25 bits per heavy atom. The van der Waals surface area contributed by atoms with Gasteiger partial charge in [-0.05, 0) is 25.5 Å². The van der Waals surface area contributed by atoms with Crippen LogP contribution in [0.3, 0.4) is 0 Å². The summed E-state index contributed by atoms with van der Waals surface area (Å²) < 4.78 is 7.63. The molecule has 2 heterocycles. The first-order chi connectivity index (χ1) is 9.72. The molecule has 20 heavy (non-hydrogen) atoms. The molecule has 2 aromatic heterocycles. The van der Waals surface area contributed by atoms with Crippen LogP contribution in [0.2, 0.25) is 0 Å². The SMILES string of the molecule is CCCCCC(C)NC(c1ccco1)c1nccn1C. The second kappa shape index (κ2) is 7.29. The first-order valence-corrected chi connectivity index (χ1v) is 7.49. The fourth-order valence-corrected chi connectivity index (χ4v) is 2.46. The van der Waals surface area contributed by atoms with E-state index in [4.69, 9.17) is 4.42 Å². The lowest BCUT2D eigenvalue weighted by molar-refractivity contribution is 0.383. The number of nitrogens with zero attached hydrogens (tertiary/aromatic N) is 2. The molecule has 0 fully saturated rings. The van der Waals surface area contributed by atoms with Crippen molar-refractivity contribution in [1.29, 1.82) is 0 Å². The molecule has 0 aliphatic rings. The molecule has 110 valence electrons. The van der Waals surface area contributed by atoms with Gasteiger partial charge in [-0.3, -0.25) is 5.32 Å². The second-order valence-corrected chi connectivity index (χ2v) is 5.41. The van der Waals surface area contributed by atoms with Crippen LogP contribution in [0, 0.1) is 0 Å². The van der Waals surface area contributed by atoms with Crippen LogP contribution in [0.1, 0.15) is 57.2 Å². The third kappa shape index (κ3) is 3.73. The molecule has 1 N–H and O–H groups in total. The van der Waals surface area contributed by atoms with Crippen LogP contribution in [0.4, 0.5) is 0 Å². The molecule has 0 saturated carbocycles. The van der Waals surface area contributed by atoms with E-state index in [2.05, 4.69) is 24.1 Å². The normalized spacial score (nSPS) is 14.3. The van der Waals surface area contributed by atoms with Crippen molar-refractivity contribution < 1.29 is 4.42 Å². The van der Waals surface area contributed by atoms with Gasteiger partial charge in [0.25, 0.3) is 0 Å². The van der Waals surface area contributed by atoms with E-state index in [0.29, 0.717) is 6.04 Å². The minimum Gasteiger partial charge on any atom is -0.467 e. The number of hydrogen-bond acceptors (Lipinski definition) is 3. The Labute approximate surface area is 121 Å². The van der Waals surface area contributed by atoms with Gasteiger partial charge in [0, 0.05) is 25.5 Å². The molecular weight excluding hydrogens is 250 g/mol. The van der Waals surface area contributed by atoms with Gasteiger partial charge in [0.2, 0.25) is 0 Å². The first kappa shape index (κ1) is 14.9. The maximum Gasteiger partial charge on any atom is 0.133 e. The van der Waals surface area contributed by atoms with Crippen molar-refractivity contribution in [2.75, 3.05) is 0 Å². The van der Waals surface area contributed by atoms with Crippen LogP contribution in [0.15, 0.2) is 35.2 Å². The van der Waals surface area contributed by atoms with Crippen LogP contribution in [-0.2, 0) is 7.05 Å². The predicted octanol–water partition coefficient (Wildman–Crippen LogP) is 3.66. The Balaban J connectivity index is 2.06. The standard InChI is InChI=1S/C16H25N3O/c1-4-5-6-8-13(2)18-15(14-9-7-12-20-14)16-17-10-11-19(16)3/h7,9-13,15,18H,4-6,8H2,1-3H3. The summed E-state index contributed by atoms with van der Waals surface area (Å²) >= 11 is 0. The van der Waals surface area contributed by atoms with Crippen molar-refractivity contribution in [2.45, 2.75) is 51.6 Å². The first-order valence-electron chi connectivity index (χ1n) is 7.49. The van der Waals surface area contributed by atoms with Gasteiger partial charge in [0.05, 0.1) is 6.26 Å². The lowest BCUT2D eigenvalue weighted by atomic mass is 10.1. The highest BCUT2D eigenvalue weighted by molar-refractivity contribution is 5.15. The van der Waals surface area contributed by atoms with Crippen molar-refractivity contribution in [2.24, 2.45) is 7.05 Å². The van der Waals surface area contributed by atoms with Gasteiger partial charge in [-0.2, -0.15) is 0 Å². The van der Waals surface area contributed by atoms with Gasteiger partial charge in [-0.25, -0.2) is 4.98 Å². The summed E-state index contributed by atoms with van der Waals surface area (Å²) in [4.78, 5) is 4.46. The van der Waals surface area contributed by atoms with Gasteiger partial charge in [-0.15, -0.1) is 0 Å². The summed E-state index contributed by atoms with van der Waals surface area (Å²) in [7, 11) is 2.02. The highest BCUT2D eigenvalue weighted by atomic mass is 16.3. The molecule has 4 nitrogen and oxygen atoms in total. The van der Waals surface area contributed by atoms with E-state index in [1.165, 1.54) is 25.7 Å². The van der Waals surface area contributed by atoms with Crippen LogP contribution in [-0.4, -0.2) is 15.6 Å². The Hall–Kier alpha value is -1.55. The van der Waals surface area contributed by atoms with E-state index in [-0.39, 0.29) is 6.04 Å². The minimum atomic E-state index is 0.0154. The van der Waals surface area contributed by atoms with E-state index < -0.39 is 0 Å². The van der Waals surface area contributed by atoms with E-state index in [9.17, 15) is 0 Å². The molecule has 2 rings (SSSR count). The molecule has 0 aromatic carbocycles. The van der Waals surface area contributed by atoms with Gasteiger partial charge in [0.1, 0.15) is 17.6 Å². The molecule has 0 aliphatic carbocycles. The number of aromatic nitrogens is 2. The molecule has 2 aromatic rings. The van der Waals surface area contributed by atoms with Crippen molar-refractivity contribution in [3.8, 4) is 0 Å². The number of imidazole rings is 1. The molecule has 0 radical (unpaired) electrons. The van der Waals surface area contributed by atoms with Gasteiger partial charge in [-0.1, -0.05) is 26.2 Å². The second-order valence-electron chi connectivity index (χ2n) is 5.41. The Morgan fingerprint density at radius 3 is 2.85 bits per heavy atom. The van der Waals surface area contributed by atoms with Crippen LogP contribution in [0.5, 0.6) is 0 Å². The van der Waals surface area contributed by atoms with Gasteiger partial charge < -0.3 is 8.98 Å². The van der Waals surface area contributed by atoms with Gasteiger partial charge >= 0.3 is 0 Å². The number of hydrogen-bond donors (Lipinski definition) is 1. The number of rotatable bonds is 8. The smallest absolute Gasteiger partial charge is 0.133 e. The molecular formula is C16H25N3O. The molecule has 2 atom stereocenters. The average molecular weight is 275 g/mol. The van der Waals surface area contributed by atoms with Crippen molar-refractivity contribution in [3.63, 3.8) is 0 Å². The van der Waals surface area contributed by atoms with Crippen LogP contribution in [0.25, 0.3) is 0 Å². The summed E-state index contributed by atoms with van der Waals surface area (Å²) in [6.07, 6.45) is 10.5. The molecule has 0 bridgehead atoms. The molecule has 0 amide bonds. The van der Waals surface area contributed by atoms with Crippen molar-refractivity contribution in [1.82, 2.24) is 14.9 Å².